The second-order valence-corrected chi connectivity index (χ2v) is 22.5. The number of allylic oxidation sites excluding steroid dienone is 4. The number of esters is 2. The molecular weight excluding hydrogens is 731 g/mol. The predicted octanol–water partition coefficient (Wildman–Crippen LogP) is 9.38. The predicted molar refractivity (Wildman–Crippen MR) is 229 cm³/mol. The summed E-state index contributed by atoms with van der Waals surface area (Å²) in [4.78, 5) is 36.6. The van der Waals surface area contributed by atoms with Crippen molar-refractivity contribution in [1.82, 2.24) is 9.80 Å². The molecule has 7 nitrogen and oxygen atoms in total. The lowest BCUT2D eigenvalue weighted by atomic mass is 9.27. The Morgan fingerprint density at radius 1 is 1.05 bits per heavy atom. The van der Waals surface area contributed by atoms with Crippen LogP contribution >= 0.6 is 0 Å². The zero-order chi connectivity index (χ0) is 40.4. The highest BCUT2D eigenvalue weighted by Gasteiger charge is 2.93. The number of piperidine rings is 2. The molecule has 5 fully saturated rings. The third-order valence-electron chi connectivity index (χ3n) is 19.1. The van der Waals surface area contributed by atoms with Crippen molar-refractivity contribution < 1.29 is 19.1 Å². The second kappa shape index (κ2) is 12.7. The van der Waals surface area contributed by atoms with Crippen LogP contribution in [0, 0.1) is 57.7 Å². The number of carbonyl (C=O) groups is 2. The highest BCUT2D eigenvalue weighted by Crippen LogP contribution is 2.88. The molecule has 14 aliphatic rings. The van der Waals surface area contributed by atoms with E-state index in [2.05, 4.69) is 74.8 Å². The largest absolute Gasteiger partial charge is 0.449 e. The molecule has 2 saturated carbocycles. The van der Waals surface area contributed by atoms with E-state index in [1.165, 1.54) is 43.4 Å². The molecule has 0 radical (unpaired) electrons. The van der Waals surface area contributed by atoms with Crippen LogP contribution in [0.25, 0.3) is 0 Å². The maximum atomic E-state index is 15.9. The van der Waals surface area contributed by atoms with Gasteiger partial charge in [0.15, 0.2) is 5.60 Å². The van der Waals surface area contributed by atoms with Gasteiger partial charge >= 0.3 is 11.9 Å². The van der Waals surface area contributed by atoms with Gasteiger partial charge in [-0.05, 0) is 155 Å². The highest BCUT2D eigenvalue weighted by molar-refractivity contribution is 6.00. The van der Waals surface area contributed by atoms with Crippen LogP contribution < -0.4 is 5.73 Å². The van der Waals surface area contributed by atoms with E-state index in [4.69, 9.17) is 15.2 Å². The van der Waals surface area contributed by atoms with Crippen LogP contribution in [-0.4, -0.2) is 60.0 Å². The number of nitrogens with zero attached hydrogens (tertiary/aromatic N) is 2. The summed E-state index contributed by atoms with van der Waals surface area (Å²) < 4.78 is 14.3. The summed E-state index contributed by atoms with van der Waals surface area (Å²) in [5, 5.41) is 0. The Morgan fingerprint density at radius 2 is 1.92 bits per heavy atom. The Bertz CT molecular complexity index is 2180. The van der Waals surface area contributed by atoms with Crippen molar-refractivity contribution in [3.05, 3.63) is 80.8 Å². The van der Waals surface area contributed by atoms with Crippen molar-refractivity contribution >= 4 is 11.9 Å². The Labute approximate surface area is 352 Å². The summed E-state index contributed by atoms with van der Waals surface area (Å²) in [6.45, 7) is 16.2. The summed E-state index contributed by atoms with van der Waals surface area (Å²) in [7, 11) is 0. The molecular formula is C52H67N3O4. The standard InChI is InChI=1S/C52H67N3O4/c1-29(2)15-18-49(5)19-16-34-24-38-30(3)22-35-12-13-40-36-23-32-26-54(28-36)31(4)11-14-42-50-20-17-37(44(38)46(35)55(40)27-32)45(34)51(50,48(57)58-42)41(25-49)52(50)39-10-6-8-33(9-7-21-53)43(39)47(56)59-52/h6,8,10,14,24,29-32,36,38,40-41,44H,7,9,11-13,15-23,25-28,53H2,1-5H3/b42-14-/t30-,31+,32+,36-,38+,40+,41-,44+,49-,50+,51+,52+/m0/s1. The molecule has 1 aromatic carbocycles. The monoisotopic (exact) mass is 798 g/mol. The molecule has 0 amide bonds. The summed E-state index contributed by atoms with van der Waals surface area (Å²) in [5.41, 5.74) is 13.9. The molecule has 12 bridgehead atoms. The zero-order valence-corrected chi connectivity index (χ0v) is 36.4. The Balaban J connectivity index is 1.15. The number of hydrogen-bond acceptors (Lipinski definition) is 7. The lowest BCUT2D eigenvalue weighted by Crippen LogP contribution is -2.78. The maximum absolute atomic E-state index is 15.9. The fourth-order valence-electron chi connectivity index (χ4n) is 16.7. The van der Waals surface area contributed by atoms with Gasteiger partial charge in [0.1, 0.15) is 11.2 Å². The number of fused-ring (bicyclic) bond motifs is 3. The first-order valence-electron chi connectivity index (χ1n) is 24.1. The van der Waals surface area contributed by atoms with Gasteiger partial charge in [-0.2, -0.15) is 0 Å². The Morgan fingerprint density at radius 3 is 2.75 bits per heavy atom. The SMILES string of the molecule is CC(C)CC[C@@]1(C)CCC2=C[C@H]3[C@H]4C5=C2[C@]26C(=O)O/C(=C\C[C@@H](C)N7C[C@H]8C[C@@H](C7)[C@H]7CCC(=C4N7C8)C[C@@H]3C)[C@@]2(CC5)[C@]2(OC(=O)c3c(CCCN)cccc32)[C@H]6C1. The van der Waals surface area contributed by atoms with Crippen molar-refractivity contribution in [3.63, 3.8) is 0 Å². The molecule has 3 spiro atoms. The Kier molecular flexibility index (Phi) is 8.10. The third-order valence-corrected chi connectivity index (χ3v) is 19.1. The van der Waals surface area contributed by atoms with Crippen molar-refractivity contribution in [2.75, 3.05) is 26.2 Å². The smallest absolute Gasteiger partial charge is 0.339 e. The lowest BCUT2D eigenvalue weighted by molar-refractivity contribution is -0.283. The molecule has 7 heteroatoms. The van der Waals surface area contributed by atoms with Gasteiger partial charge in [-0.15, -0.1) is 0 Å². The number of carbonyl (C=O) groups excluding carboxylic acids is 2. The van der Waals surface area contributed by atoms with Crippen LogP contribution in [0.1, 0.15) is 140 Å². The normalized spacial score (nSPS) is 45.4. The molecule has 2 N–H and O–H groups in total. The molecule has 59 heavy (non-hydrogen) atoms. The molecule has 5 aliphatic carbocycles. The minimum Gasteiger partial charge on any atom is -0.449 e. The van der Waals surface area contributed by atoms with E-state index < -0.39 is 16.4 Å². The van der Waals surface area contributed by atoms with E-state index in [0.717, 1.165) is 99.7 Å². The van der Waals surface area contributed by atoms with Gasteiger partial charge in [0.25, 0.3) is 0 Å². The van der Waals surface area contributed by atoms with Gasteiger partial charge in [0, 0.05) is 54.8 Å². The number of rotatable bonds is 6. The van der Waals surface area contributed by atoms with Crippen LogP contribution in [-0.2, 0) is 26.3 Å². The number of ether oxygens (including phenoxy) is 2. The Hall–Kier alpha value is -3.16. The third kappa shape index (κ3) is 4.58. The summed E-state index contributed by atoms with van der Waals surface area (Å²) in [6.07, 6.45) is 19.4. The van der Waals surface area contributed by atoms with Crippen LogP contribution in [0.4, 0.5) is 0 Å². The topological polar surface area (TPSA) is 85.1 Å². The molecule has 3 saturated heterocycles. The van der Waals surface area contributed by atoms with Crippen LogP contribution in [0.15, 0.2) is 64.1 Å². The van der Waals surface area contributed by atoms with E-state index in [0.29, 0.717) is 54.1 Å². The summed E-state index contributed by atoms with van der Waals surface area (Å²) >= 11 is 0. The molecule has 9 heterocycles. The first-order valence-corrected chi connectivity index (χ1v) is 24.1. The second-order valence-electron chi connectivity index (χ2n) is 22.5. The maximum Gasteiger partial charge on any atom is 0.339 e. The van der Waals surface area contributed by atoms with Gasteiger partial charge in [0.05, 0.1) is 11.0 Å². The minimum atomic E-state index is -0.980. The van der Waals surface area contributed by atoms with Crippen LogP contribution in [0.3, 0.4) is 0 Å². The van der Waals surface area contributed by atoms with Crippen molar-refractivity contribution in [2.45, 2.75) is 142 Å². The first-order chi connectivity index (χ1) is 28.5. The highest BCUT2D eigenvalue weighted by atomic mass is 16.6. The molecule has 0 aromatic heterocycles. The van der Waals surface area contributed by atoms with E-state index in [1.54, 1.807) is 16.8 Å². The number of hydrogen-bond donors (Lipinski definition) is 1. The molecule has 1 aromatic rings. The molecule has 15 rings (SSSR count). The van der Waals surface area contributed by atoms with Crippen molar-refractivity contribution in [2.24, 2.45) is 63.4 Å². The fraction of sp³-hybridized carbons (Fsp3) is 0.692. The number of aryl methyl sites for hydroxylation is 1. The number of benzene rings is 1. The van der Waals surface area contributed by atoms with Gasteiger partial charge in [-0.3, -0.25) is 9.69 Å². The first kappa shape index (κ1) is 37.6. The van der Waals surface area contributed by atoms with E-state index in [1.807, 2.05) is 0 Å². The van der Waals surface area contributed by atoms with E-state index >= 15 is 4.79 Å². The van der Waals surface area contributed by atoms with Gasteiger partial charge < -0.3 is 20.1 Å². The number of nitrogens with two attached hydrogens (primary N) is 1. The average Bonchev–Trinajstić information content (AvgIpc) is 3.67. The lowest BCUT2D eigenvalue weighted by Gasteiger charge is -2.73. The van der Waals surface area contributed by atoms with E-state index in [9.17, 15) is 4.79 Å². The van der Waals surface area contributed by atoms with Crippen LogP contribution in [0.2, 0.25) is 0 Å². The molecule has 9 aliphatic heterocycles. The molecule has 13 atom stereocenters. The summed E-state index contributed by atoms with van der Waals surface area (Å²) in [5.74, 6) is 3.59. The molecule has 314 valence electrons. The van der Waals surface area contributed by atoms with Gasteiger partial charge in [0.2, 0.25) is 0 Å². The quantitative estimate of drug-likeness (QED) is 0.287. The summed E-state index contributed by atoms with van der Waals surface area (Å²) in [6, 6.07) is 7.40. The van der Waals surface area contributed by atoms with E-state index in [-0.39, 0.29) is 23.3 Å². The fourth-order valence-corrected chi connectivity index (χ4v) is 16.7. The van der Waals surface area contributed by atoms with Gasteiger partial charge in [-0.1, -0.05) is 69.5 Å². The average molecular weight is 798 g/mol. The van der Waals surface area contributed by atoms with Crippen molar-refractivity contribution in [1.29, 1.82) is 0 Å². The molecule has 1 unspecified atom stereocenters. The minimum absolute atomic E-state index is 0.0302. The zero-order valence-electron chi connectivity index (χ0n) is 36.4. The van der Waals surface area contributed by atoms with Gasteiger partial charge in [-0.25, -0.2) is 4.79 Å². The van der Waals surface area contributed by atoms with Crippen LogP contribution in [0.5, 0.6) is 0 Å². The van der Waals surface area contributed by atoms with Crippen molar-refractivity contribution in [3.8, 4) is 0 Å².